The van der Waals surface area contributed by atoms with Crippen LogP contribution in [0.3, 0.4) is 0 Å². The predicted molar refractivity (Wildman–Crippen MR) is 61.7 cm³/mol. The van der Waals surface area contributed by atoms with Crippen LogP contribution in [0.4, 0.5) is 4.39 Å². The highest BCUT2D eigenvalue weighted by molar-refractivity contribution is 9.10. The molecule has 0 aliphatic rings. The highest BCUT2D eigenvalue weighted by atomic mass is 79.9. The Labute approximate surface area is 103 Å². The Hall–Kier alpha value is -1.89. The van der Waals surface area contributed by atoms with Gasteiger partial charge in [0.2, 0.25) is 5.95 Å². The first-order valence-corrected chi connectivity index (χ1v) is 5.52. The maximum absolute atomic E-state index is 13.6. The van der Waals surface area contributed by atoms with Gasteiger partial charge in [-0.15, -0.1) is 10.2 Å². The summed E-state index contributed by atoms with van der Waals surface area (Å²) in [6, 6.07) is 5.02. The number of rotatable bonds is 1. The van der Waals surface area contributed by atoms with Crippen molar-refractivity contribution >= 4 is 21.6 Å². The molecule has 0 atom stereocenters. The molecule has 0 bridgehead atoms. The number of halogens is 2. The van der Waals surface area contributed by atoms with Gasteiger partial charge in [0.1, 0.15) is 6.33 Å². The molecule has 0 fully saturated rings. The second kappa shape index (κ2) is 3.85. The first-order valence-electron chi connectivity index (χ1n) is 4.72. The van der Waals surface area contributed by atoms with E-state index in [9.17, 15) is 4.39 Å². The Morgan fingerprint density at radius 1 is 1.29 bits per heavy atom. The van der Waals surface area contributed by atoms with E-state index < -0.39 is 5.95 Å². The lowest BCUT2D eigenvalue weighted by molar-refractivity contribution is 0.586. The van der Waals surface area contributed by atoms with Crippen molar-refractivity contribution in [2.75, 3.05) is 0 Å². The van der Waals surface area contributed by atoms with E-state index in [1.807, 2.05) is 0 Å². The van der Waals surface area contributed by atoms with Crippen LogP contribution in [0, 0.1) is 5.95 Å². The molecule has 0 N–H and O–H groups in total. The number of aromatic nitrogens is 5. The molecule has 3 aromatic rings. The van der Waals surface area contributed by atoms with Crippen molar-refractivity contribution in [1.82, 2.24) is 24.8 Å². The third-order valence-corrected chi connectivity index (χ3v) is 2.68. The van der Waals surface area contributed by atoms with Gasteiger partial charge in [0.25, 0.3) is 0 Å². The third-order valence-electron chi connectivity index (χ3n) is 2.24. The van der Waals surface area contributed by atoms with Gasteiger partial charge in [-0.05, 0) is 34.1 Å². The Balaban J connectivity index is 2.22. The van der Waals surface area contributed by atoms with Crippen LogP contribution in [0.5, 0.6) is 0 Å². The van der Waals surface area contributed by atoms with Crippen LogP contribution in [-0.2, 0) is 0 Å². The van der Waals surface area contributed by atoms with E-state index in [0.29, 0.717) is 21.4 Å². The monoisotopic (exact) mass is 293 g/mol. The zero-order valence-corrected chi connectivity index (χ0v) is 9.96. The molecule has 0 spiro atoms. The molecular weight excluding hydrogens is 289 g/mol. The summed E-state index contributed by atoms with van der Waals surface area (Å²) in [5.41, 5.74) is 1.41. The Morgan fingerprint density at radius 2 is 2.18 bits per heavy atom. The van der Waals surface area contributed by atoms with E-state index in [0.717, 1.165) is 0 Å². The molecule has 3 rings (SSSR count). The molecule has 84 valence electrons. The SMILES string of the molecule is Fc1ncc(Br)cc1-c1ccc2nncn2n1. The van der Waals surface area contributed by atoms with Gasteiger partial charge in [0, 0.05) is 10.7 Å². The summed E-state index contributed by atoms with van der Waals surface area (Å²) in [7, 11) is 0. The fourth-order valence-corrected chi connectivity index (χ4v) is 1.81. The van der Waals surface area contributed by atoms with Crippen molar-refractivity contribution in [2.45, 2.75) is 0 Å². The lowest BCUT2D eigenvalue weighted by Crippen LogP contribution is -1.96. The molecule has 0 aliphatic carbocycles. The lowest BCUT2D eigenvalue weighted by Gasteiger charge is -2.02. The maximum atomic E-state index is 13.6. The summed E-state index contributed by atoms with van der Waals surface area (Å²) in [5, 5.41) is 11.7. The van der Waals surface area contributed by atoms with Gasteiger partial charge in [-0.3, -0.25) is 0 Å². The van der Waals surface area contributed by atoms with Gasteiger partial charge in [0.05, 0.1) is 11.3 Å². The quantitative estimate of drug-likeness (QED) is 0.645. The summed E-state index contributed by atoms with van der Waals surface area (Å²) in [6.45, 7) is 0. The van der Waals surface area contributed by atoms with Crippen LogP contribution in [0.15, 0.2) is 35.2 Å². The van der Waals surface area contributed by atoms with Crippen molar-refractivity contribution in [3.63, 3.8) is 0 Å². The maximum Gasteiger partial charge on any atom is 0.222 e. The average Bonchev–Trinajstić information content (AvgIpc) is 2.79. The normalized spacial score (nSPS) is 10.9. The molecular formula is C10H5BrFN5. The lowest BCUT2D eigenvalue weighted by atomic mass is 10.2. The molecule has 0 radical (unpaired) electrons. The molecule has 17 heavy (non-hydrogen) atoms. The fourth-order valence-electron chi connectivity index (χ4n) is 1.47. The van der Waals surface area contributed by atoms with Crippen molar-refractivity contribution in [1.29, 1.82) is 0 Å². The molecule has 7 heteroatoms. The third kappa shape index (κ3) is 1.78. The Morgan fingerprint density at radius 3 is 3.06 bits per heavy atom. The number of hydrogen-bond acceptors (Lipinski definition) is 4. The van der Waals surface area contributed by atoms with Crippen LogP contribution < -0.4 is 0 Å². The van der Waals surface area contributed by atoms with Gasteiger partial charge >= 0.3 is 0 Å². The standard InChI is InChI=1S/C10H5BrFN5/c11-6-3-7(10(12)13-4-6)8-1-2-9-15-14-5-17(9)16-8/h1-5H. The van der Waals surface area contributed by atoms with Crippen LogP contribution in [-0.4, -0.2) is 24.8 Å². The van der Waals surface area contributed by atoms with Gasteiger partial charge in [-0.1, -0.05) is 0 Å². The second-order valence-corrected chi connectivity index (χ2v) is 4.26. The molecule has 0 amide bonds. The molecule has 0 aliphatic heterocycles. The number of pyridine rings is 1. The minimum absolute atomic E-state index is 0.329. The van der Waals surface area contributed by atoms with Crippen molar-refractivity contribution in [3.8, 4) is 11.3 Å². The van der Waals surface area contributed by atoms with Crippen LogP contribution in [0.2, 0.25) is 0 Å². The van der Waals surface area contributed by atoms with Crippen molar-refractivity contribution < 1.29 is 4.39 Å². The predicted octanol–water partition coefficient (Wildman–Crippen LogP) is 2.09. The average molecular weight is 294 g/mol. The van der Waals surface area contributed by atoms with E-state index >= 15 is 0 Å². The van der Waals surface area contributed by atoms with E-state index in [1.165, 1.54) is 17.0 Å². The smallest absolute Gasteiger partial charge is 0.222 e. The van der Waals surface area contributed by atoms with Gasteiger partial charge in [-0.25, -0.2) is 4.98 Å². The summed E-state index contributed by atoms with van der Waals surface area (Å²) in [6.07, 6.45) is 2.86. The van der Waals surface area contributed by atoms with E-state index in [4.69, 9.17) is 0 Å². The highest BCUT2D eigenvalue weighted by Gasteiger charge is 2.09. The molecule has 5 nitrogen and oxygen atoms in total. The zero-order chi connectivity index (χ0) is 11.8. The summed E-state index contributed by atoms with van der Waals surface area (Å²) < 4.78 is 15.7. The van der Waals surface area contributed by atoms with Gasteiger partial charge < -0.3 is 0 Å². The minimum Gasteiger partial charge on any atom is -0.227 e. The zero-order valence-electron chi connectivity index (χ0n) is 8.38. The highest BCUT2D eigenvalue weighted by Crippen LogP contribution is 2.22. The molecule has 0 aromatic carbocycles. The van der Waals surface area contributed by atoms with Crippen LogP contribution >= 0.6 is 15.9 Å². The first kappa shape index (κ1) is 10.3. The van der Waals surface area contributed by atoms with E-state index in [2.05, 4.69) is 36.2 Å². The summed E-state index contributed by atoms with van der Waals surface area (Å²) >= 11 is 3.25. The summed E-state index contributed by atoms with van der Waals surface area (Å²) in [5.74, 6) is -0.562. The number of nitrogens with zero attached hydrogens (tertiary/aromatic N) is 5. The summed E-state index contributed by atoms with van der Waals surface area (Å²) in [4.78, 5) is 3.63. The topological polar surface area (TPSA) is 56.0 Å². The van der Waals surface area contributed by atoms with E-state index in [-0.39, 0.29) is 0 Å². The van der Waals surface area contributed by atoms with Crippen molar-refractivity contribution in [3.05, 3.63) is 41.1 Å². The number of fused-ring (bicyclic) bond motifs is 1. The Kier molecular flexibility index (Phi) is 2.32. The molecule has 0 saturated heterocycles. The van der Waals surface area contributed by atoms with Gasteiger partial charge in [0.15, 0.2) is 5.65 Å². The van der Waals surface area contributed by atoms with Crippen molar-refractivity contribution in [2.24, 2.45) is 0 Å². The largest absolute Gasteiger partial charge is 0.227 e. The van der Waals surface area contributed by atoms with Crippen LogP contribution in [0.1, 0.15) is 0 Å². The molecule has 0 saturated carbocycles. The molecule has 3 heterocycles. The second-order valence-electron chi connectivity index (χ2n) is 3.34. The molecule has 3 aromatic heterocycles. The van der Waals surface area contributed by atoms with Gasteiger partial charge in [-0.2, -0.15) is 14.0 Å². The minimum atomic E-state index is -0.562. The first-order chi connectivity index (χ1) is 8.24. The van der Waals surface area contributed by atoms with Crippen LogP contribution in [0.25, 0.3) is 16.9 Å². The molecule has 0 unspecified atom stereocenters. The fraction of sp³-hybridized carbons (Fsp3) is 0. The Bertz CT molecular complexity index is 696. The van der Waals surface area contributed by atoms with E-state index in [1.54, 1.807) is 18.2 Å². The number of hydrogen-bond donors (Lipinski definition) is 0.